The van der Waals surface area contributed by atoms with Crippen LogP contribution in [-0.4, -0.2) is 38.3 Å². The molecule has 0 saturated carbocycles. The van der Waals surface area contributed by atoms with Gasteiger partial charge in [0.15, 0.2) is 0 Å². The van der Waals surface area contributed by atoms with Crippen LogP contribution < -0.4 is 4.35 Å². The first-order valence-electron chi connectivity index (χ1n) is 4.13. The molecule has 0 aliphatic rings. The van der Waals surface area contributed by atoms with Crippen LogP contribution in [0.15, 0.2) is 30.3 Å². The molecule has 3 heteroatoms. The molecule has 0 aliphatic heterocycles. The Bertz CT molecular complexity index is 284. The van der Waals surface area contributed by atoms with Crippen molar-refractivity contribution in [1.82, 2.24) is 4.90 Å². The molecular weight excluding hydrogens is 225 g/mol. The van der Waals surface area contributed by atoms with Gasteiger partial charge in [-0.05, 0) is 0 Å². The van der Waals surface area contributed by atoms with Crippen LogP contribution in [0.4, 0.5) is 4.79 Å². The van der Waals surface area contributed by atoms with Gasteiger partial charge in [0.1, 0.15) is 0 Å². The average Bonchev–Trinajstić information content (AvgIpc) is 2.17. The van der Waals surface area contributed by atoms with Gasteiger partial charge in [-0.15, -0.1) is 0 Å². The maximum atomic E-state index is 11.6. The van der Waals surface area contributed by atoms with Gasteiger partial charge in [0.05, 0.1) is 0 Å². The minimum absolute atomic E-state index is 0.290. The summed E-state index contributed by atoms with van der Waals surface area (Å²) in [6.45, 7) is 0. The Hall–Kier alpha value is -0.752. The van der Waals surface area contributed by atoms with E-state index in [9.17, 15) is 4.79 Å². The van der Waals surface area contributed by atoms with E-state index >= 15 is 0 Å². The van der Waals surface area contributed by atoms with Crippen molar-refractivity contribution in [2.45, 2.75) is 5.71 Å². The fourth-order valence-electron chi connectivity index (χ4n) is 1.06. The molecule has 0 aromatic heterocycles. The van der Waals surface area contributed by atoms with Crippen LogP contribution in [0.5, 0.6) is 0 Å². The van der Waals surface area contributed by atoms with Crippen molar-refractivity contribution in [2.75, 3.05) is 14.1 Å². The van der Waals surface area contributed by atoms with Crippen LogP contribution in [0.25, 0.3) is 0 Å². The molecule has 2 nitrogen and oxygen atoms in total. The topological polar surface area (TPSA) is 20.3 Å². The zero-order valence-electron chi connectivity index (χ0n) is 8.19. The Morgan fingerprint density at radius 1 is 1.23 bits per heavy atom. The molecule has 0 aliphatic carbocycles. The Labute approximate surface area is 83.8 Å². The first-order valence-corrected chi connectivity index (χ1v) is 7.88. The van der Waals surface area contributed by atoms with Gasteiger partial charge in [0, 0.05) is 0 Å². The number of benzene rings is 1. The average molecular weight is 239 g/mol. The summed E-state index contributed by atoms with van der Waals surface area (Å²) < 4.78 is 1.51. The third-order valence-corrected chi connectivity index (χ3v) is 6.11. The quantitative estimate of drug-likeness (QED) is 0.712. The first kappa shape index (κ1) is 10.3. The van der Waals surface area contributed by atoms with E-state index in [4.69, 9.17) is 0 Å². The standard InChI is InChI=1S/C10H14AsNO/c1-11(10(13)12(2)3)9-7-5-4-6-8-9/h4-8H,1-3H3. The summed E-state index contributed by atoms with van der Waals surface area (Å²) in [4.78, 5) is 13.3. The molecule has 1 aromatic carbocycles. The number of carbonyl (C=O) groups is 1. The van der Waals surface area contributed by atoms with Crippen molar-refractivity contribution in [3.8, 4) is 0 Å². The van der Waals surface area contributed by atoms with Crippen molar-refractivity contribution >= 4 is 23.7 Å². The summed E-state index contributed by atoms with van der Waals surface area (Å²) in [6, 6.07) is 10.0. The fraction of sp³-hybridized carbons (Fsp3) is 0.300. The second-order valence-electron chi connectivity index (χ2n) is 3.07. The number of carbonyl (C=O) groups excluding carboxylic acids is 1. The van der Waals surface area contributed by atoms with Gasteiger partial charge in [-0.3, -0.25) is 0 Å². The van der Waals surface area contributed by atoms with Crippen molar-refractivity contribution in [1.29, 1.82) is 0 Å². The van der Waals surface area contributed by atoms with Gasteiger partial charge in [-0.2, -0.15) is 0 Å². The normalized spacial score (nSPS) is 12.2. The molecular formula is C10H14AsNO. The number of amides is 1. The van der Waals surface area contributed by atoms with E-state index in [1.807, 2.05) is 44.4 Å². The van der Waals surface area contributed by atoms with Gasteiger partial charge in [0.2, 0.25) is 0 Å². The van der Waals surface area contributed by atoms with E-state index in [0.717, 1.165) is 0 Å². The predicted molar refractivity (Wildman–Crippen MR) is 56.8 cm³/mol. The van der Waals surface area contributed by atoms with E-state index in [-0.39, 0.29) is 0 Å². The van der Waals surface area contributed by atoms with E-state index in [1.54, 1.807) is 4.90 Å². The second kappa shape index (κ2) is 4.47. The zero-order valence-corrected chi connectivity index (χ0v) is 10.1. The zero-order chi connectivity index (χ0) is 9.84. The maximum absolute atomic E-state index is 11.6. The third kappa shape index (κ3) is 2.60. The van der Waals surface area contributed by atoms with Gasteiger partial charge in [-0.1, -0.05) is 0 Å². The summed E-state index contributed by atoms with van der Waals surface area (Å²) in [5.74, 6) is 0. The molecule has 1 amide bonds. The fourth-order valence-corrected chi connectivity index (χ4v) is 4.08. The van der Waals surface area contributed by atoms with E-state index in [0.29, 0.717) is 4.69 Å². The van der Waals surface area contributed by atoms with Crippen molar-refractivity contribution < 1.29 is 4.79 Å². The molecule has 0 bridgehead atoms. The molecule has 0 saturated heterocycles. The third-order valence-electron chi connectivity index (χ3n) is 1.81. The van der Waals surface area contributed by atoms with Crippen LogP contribution >= 0.6 is 0 Å². The number of hydrogen-bond donors (Lipinski definition) is 0. The molecule has 0 N–H and O–H groups in total. The predicted octanol–water partition coefficient (Wildman–Crippen LogP) is 1.28. The van der Waals surface area contributed by atoms with Crippen LogP contribution in [-0.2, 0) is 0 Å². The van der Waals surface area contributed by atoms with Crippen LogP contribution in [0.1, 0.15) is 0 Å². The van der Waals surface area contributed by atoms with Gasteiger partial charge >= 0.3 is 83.5 Å². The minimum atomic E-state index is -1.49. The summed E-state index contributed by atoms with van der Waals surface area (Å²) >= 11 is -1.49. The molecule has 1 aromatic rings. The molecule has 1 atom stereocenters. The molecule has 1 unspecified atom stereocenters. The molecule has 70 valence electrons. The second-order valence-corrected chi connectivity index (χ2v) is 7.30. The SMILES string of the molecule is CN(C)C(=O)[As](C)c1ccccc1. The number of nitrogens with zero attached hydrogens (tertiary/aromatic N) is 1. The Balaban J connectivity index is 2.80. The molecule has 0 fully saturated rings. The van der Waals surface area contributed by atoms with E-state index < -0.39 is 14.7 Å². The van der Waals surface area contributed by atoms with Crippen LogP contribution in [0.3, 0.4) is 0 Å². The van der Waals surface area contributed by atoms with E-state index in [2.05, 4.69) is 5.71 Å². The Kier molecular flexibility index (Phi) is 3.56. The van der Waals surface area contributed by atoms with Crippen LogP contribution in [0.2, 0.25) is 5.71 Å². The van der Waals surface area contributed by atoms with Crippen LogP contribution in [0, 0.1) is 0 Å². The van der Waals surface area contributed by atoms with Crippen molar-refractivity contribution in [3.05, 3.63) is 30.3 Å². The Morgan fingerprint density at radius 2 is 1.77 bits per heavy atom. The van der Waals surface area contributed by atoms with E-state index in [1.165, 1.54) is 4.35 Å². The summed E-state index contributed by atoms with van der Waals surface area (Å²) in [5.41, 5.74) is 2.07. The van der Waals surface area contributed by atoms with Gasteiger partial charge in [0.25, 0.3) is 0 Å². The molecule has 1 rings (SSSR count). The molecule has 0 spiro atoms. The molecule has 0 heterocycles. The van der Waals surface area contributed by atoms with Crippen molar-refractivity contribution in [3.63, 3.8) is 0 Å². The summed E-state index contributed by atoms with van der Waals surface area (Å²) in [5, 5.41) is 0. The first-order chi connectivity index (χ1) is 6.13. The number of rotatable bonds is 2. The van der Waals surface area contributed by atoms with Crippen molar-refractivity contribution in [2.24, 2.45) is 0 Å². The molecule has 0 radical (unpaired) electrons. The number of hydrogen-bond acceptors (Lipinski definition) is 1. The monoisotopic (exact) mass is 239 g/mol. The Morgan fingerprint density at radius 3 is 2.23 bits per heavy atom. The summed E-state index contributed by atoms with van der Waals surface area (Å²) in [6.07, 6.45) is 0. The molecule has 13 heavy (non-hydrogen) atoms. The van der Waals surface area contributed by atoms with Gasteiger partial charge in [-0.25, -0.2) is 0 Å². The van der Waals surface area contributed by atoms with Gasteiger partial charge < -0.3 is 0 Å². The summed E-state index contributed by atoms with van der Waals surface area (Å²) in [7, 11) is 3.63.